The smallest absolute Gasteiger partial charge is 0.158 e. The van der Waals surface area contributed by atoms with Gasteiger partial charge >= 0.3 is 0 Å². The summed E-state index contributed by atoms with van der Waals surface area (Å²) in [6.45, 7) is 6.97. The third-order valence-corrected chi connectivity index (χ3v) is 3.26. The number of hydrogen-bond acceptors (Lipinski definition) is 2. The molecule has 1 aromatic rings. The van der Waals surface area contributed by atoms with Crippen LogP contribution < -0.4 is 0 Å². The van der Waals surface area contributed by atoms with Gasteiger partial charge < -0.3 is 9.47 Å². The van der Waals surface area contributed by atoms with Gasteiger partial charge in [-0.2, -0.15) is 0 Å². The van der Waals surface area contributed by atoms with Crippen molar-refractivity contribution in [2.45, 2.75) is 45.5 Å². The van der Waals surface area contributed by atoms with Crippen molar-refractivity contribution in [3.8, 4) is 0 Å². The molecule has 1 aliphatic rings. The maximum absolute atomic E-state index is 5.99. The molecule has 1 saturated heterocycles. The first kappa shape index (κ1) is 11.6. The van der Waals surface area contributed by atoms with Gasteiger partial charge in [-0.05, 0) is 32.8 Å². The predicted octanol–water partition coefficient (Wildman–Crippen LogP) is 3.38. The minimum Gasteiger partial charge on any atom is -0.353 e. The average Bonchev–Trinajstić information content (AvgIpc) is 2.63. The van der Waals surface area contributed by atoms with E-state index in [4.69, 9.17) is 9.47 Å². The van der Waals surface area contributed by atoms with Crippen LogP contribution in [-0.4, -0.2) is 12.9 Å². The highest BCUT2D eigenvalue weighted by atomic mass is 16.7. The van der Waals surface area contributed by atoms with Crippen LogP contribution in [0, 0.1) is 6.92 Å². The summed E-state index contributed by atoms with van der Waals surface area (Å²) >= 11 is 0. The van der Waals surface area contributed by atoms with Gasteiger partial charge in [0.2, 0.25) is 0 Å². The van der Waals surface area contributed by atoms with Crippen molar-refractivity contribution in [3.63, 3.8) is 0 Å². The van der Waals surface area contributed by atoms with E-state index in [0.29, 0.717) is 6.61 Å². The minimum absolute atomic E-state index is 0.0312. The molecule has 0 amide bonds. The summed E-state index contributed by atoms with van der Waals surface area (Å²) < 4.78 is 11.5. The van der Waals surface area contributed by atoms with Gasteiger partial charge in [-0.15, -0.1) is 0 Å². The molecule has 0 unspecified atom stereocenters. The largest absolute Gasteiger partial charge is 0.353 e. The molecule has 2 rings (SSSR count). The third kappa shape index (κ3) is 2.28. The molecule has 0 aromatic heterocycles. The summed E-state index contributed by atoms with van der Waals surface area (Å²) in [5, 5.41) is 0. The van der Waals surface area contributed by atoms with Crippen LogP contribution >= 0.6 is 0 Å². The Morgan fingerprint density at radius 2 is 2.06 bits per heavy atom. The molecule has 0 radical (unpaired) electrons. The summed E-state index contributed by atoms with van der Waals surface area (Å²) in [6.07, 6.45) is 1.98. The quantitative estimate of drug-likeness (QED) is 0.777. The second-order valence-electron chi connectivity index (χ2n) is 4.64. The van der Waals surface area contributed by atoms with Crippen molar-refractivity contribution in [2.24, 2.45) is 0 Å². The fourth-order valence-corrected chi connectivity index (χ4v) is 2.22. The Kier molecular flexibility index (Phi) is 3.31. The molecule has 1 fully saturated rings. The Labute approximate surface area is 97.6 Å². The van der Waals surface area contributed by atoms with Crippen LogP contribution in [0.25, 0.3) is 0 Å². The first-order valence-electron chi connectivity index (χ1n) is 6.00. The molecule has 16 heavy (non-hydrogen) atoms. The van der Waals surface area contributed by atoms with Crippen molar-refractivity contribution in [1.82, 2.24) is 0 Å². The third-order valence-electron chi connectivity index (χ3n) is 3.26. The molecule has 1 aliphatic heterocycles. The van der Waals surface area contributed by atoms with Crippen LogP contribution in [0.2, 0.25) is 0 Å². The summed E-state index contributed by atoms with van der Waals surface area (Å²) in [5.74, 6) is 0. The Morgan fingerprint density at radius 1 is 1.38 bits per heavy atom. The Balaban J connectivity index is 2.12. The van der Waals surface area contributed by atoms with E-state index in [1.807, 2.05) is 6.92 Å². The fourth-order valence-electron chi connectivity index (χ4n) is 2.22. The summed E-state index contributed by atoms with van der Waals surface area (Å²) in [5.41, 5.74) is 2.36. The normalized spacial score (nSPS) is 29.6. The molecule has 1 aromatic carbocycles. The number of benzene rings is 1. The molecule has 0 spiro atoms. The average molecular weight is 220 g/mol. The van der Waals surface area contributed by atoms with E-state index in [9.17, 15) is 0 Å². The second kappa shape index (κ2) is 4.56. The van der Waals surface area contributed by atoms with Gasteiger partial charge in [0.15, 0.2) is 6.29 Å². The van der Waals surface area contributed by atoms with Crippen molar-refractivity contribution in [1.29, 1.82) is 0 Å². The van der Waals surface area contributed by atoms with E-state index in [-0.39, 0.29) is 11.9 Å². The predicted molar refractivity (Wildman–Crippen MR) is 64.3 cm³/mol. The first-order chi connectivity index (χ1) is 7.64. The van der Waals surface area contributed by atoms with Crippen molar-refractivity contribution in [3.05, 3.63) is 35.4 Å². The molecule has 0 aliphatic carbocycles. The second-order valence-corrected chi connectivity index (χ2v) is 4.64. The first-order valence-corrected chi connectivity index (χ1v) is 6.00. The van der Waals surface area contributed by atoms with Crippen molar-refractivity contribution < 1.29 is 9.47 Å². The number of aryl methyl sites for hydroxylation is 1. The standard InChI is InChI=1S/C14H20O2/c1-4-15-13-9-10-14(3,16-13)12-7-5-11(2)6-8-12/h5-8,13H,4,9-10H2,1-3H3/t13-,14-/m0/s1. The maximum atomic E-state index is 5.99. The van der Waals surface area contributed by atoms with E-state index in [0.717, 1.165) is 12.8 Å². The lowest BCUT2D eigenvalue weighted by Gasteiger charge is -2.25. The molecule has 0 bridgehead atoms. The number of hydrogen-bond donors (Lipinski definition) is 0. The monoisotopic (exact) mass is 220 g/mol. The lowest BCUT2D eigenvalue weighted by molar-refractivity contribution is -0.164. The molecular weight excluding hydrogens is 200 g/mol. The van der Waals surface area contributed by atoms with E-state index in [1.165, 1.54) is 11.1 Å². The highest BCUT2D eigenvalue weighted by Crippen LogP contribution is 2.39. The SMILES string of the molecule is CCO[C@@H]1CC[C@@](C)(c2ccc(C)cc2)O1. The van der Waals surface area contributed by atoms with Crippen LogP contribution in [0.1, 0.15) is 37.8 Å². The minimum atomic E-state index is -0.173. The van der Waals surface area contributed by atoms with Gasteiger partial charge in [0, 0.05) is 13.0 Å². The summed E-state index contributed by atoms with van der Waals surface area (Å²) in [4.78, 5) is 0. The molecular formula is C14H20O2. The lowest BCUT2D eigenvalue weighted by atomic mass is 9.92. The highest BCUT2D eigenvalue weighted by molar-refractivity contribution is 5.26. The van der Waals surface area contributed by atoms with Crippen LogP contribution in [0.3, 0.4) is 0 Å². The number of ether oxygens (including phenoxy) is 2. The van der Waals surface area contributed by atoms with E-state index < -0.39 is 0 Å². The zero-order chi connectivity index (χ0) is 11.6. The molecule has 2 heteroatoms. The highest BCUT2D eigenvalue weighted by Gasteiger charge is 2.37. The van der Waals surface area contributed by atoms with Crippen LogP contribution in [0.15, 0.2) is 24.3 Å². The zero-order valence-corrected chi connectivity index (χ0v) is 10.3. The van der Waals surface area contributed by atoms with Gasteiger partial charge in [-0.1, -0.05) is 29.8 Å². The van der Waals surface area contributed by atoms with Gasteiger partial charge in [0.25, 0.3) is 0 Å². The molecule has 88 valence electrons. The topological polar surface area (TPSA) is 18.5 Å². The number of rotatable bonds is 3. The van der Waals surface area contributed by atoms with Crippen molar-refractivity contribution in [2.75, 3.05) is 6.61 Å². The van der Waals surface area contributed by atoms with Crippen LogP contribution in [-0.2, 0) is 15.1 Å². The van der Waals surface area contributed by atoms with E-state index in [1.54, 1.807) is 0 Å². The van der Waals surface area contributed by atoms with Crippen LogP contribution in [0.4, 0.5) is 0 Å². The van der Waals surface area contributed by atoms with Gasteiger partial charge in [0.1, 0.15) is 0 Å². The Bertz CT molecular complexity index is 344. The van der Waals surface area contributed by atoms with E-state index >= 15 is 0 Å². The fraction of sp³-hybridized carbons (Fsp3) is 0.571. The molecule has 2 nitrogen and oxygen atoms in total. The molecule has 0 saturated carbocycles. The summed E-state index contributed by atoms with van der Waals surface area (Å²) in [7, 11) is 0. The van der Waals surface area contributed by atoms with Gasteiger partial charge in [-0.3, -0.25) is 0 Å². The molecule has 0 N–H and O–H groups in total. The molecule has 2 atom stereocenters. The van der Waals surface area contributed by atoms with Crippen LogP contribution in [0.5, 0.6) is 0 Å². The Hall–Kier alpha value is -0.860. The lowest BCUT2D eigenvalue weighted by Crippen LogP contribution is -2.23. The molecule has 1 heterocycles. The van der Waals surface area contributed by atoms with Gasteiger partial charge in [-0.25, -0.2) is 0 Å². The zero-order valence-electron chi connectivity index (χ0n) is 10.3. The summed E-state index contributed by atoms with van der Waals surface area (Å²) in [6, 6.07) is 8.59. The van der Waals surface area contributed by atoms with E-state index in [2.05, 4.69) is 38.1 Å². The Morgan fingerprint density at radius 3 is 2.69 bits per heavy atom. The van der Waals surface area contributed by atoms with Gasteiger partial charge in [0.05, 0.1) is 5.60 Å². The van der Waals surface area contributed by atoms with Crippen molar-refractivity contribution >= 4 is 0 Å². The maximum Gasteiger partial charge on any atom is 0.158 e.